The molecule has 0 radical (unpaired) electrons. The van der Waals surface area contributed by atoms with Crippen LogP contribution in [0.4, 0.5) is 8.78 Å². The smallest absolute Gasteiger partial charge is 0.259 e. The van der Waals surface area contributed by atoms with E-state index in [2.05, 4.69) is 12.2 Å². The minimum atomic E-state index is -2.82. The van der Waals surface area contributed by atoms with Gasteiger partial charge in [-0.25, -0.2) is 8.78 Å². The first kappa shape index (κ1) is 19.8. The minimum absolute atomic E-state index is 0.0676. The largest absolute Gasteiger partial charge is 0.375 e. The van der Waals surface area contributed by atoms with Crippen molar-refractivity contribution in [1.29, 1.82) is 0 Å². The van der Waals surface area contributed by atoms with Crippen molar-refractivity contribution < 1.29 is 18.7 Å². The Labute approximate surface area is 165 Å². The van der Waals surface area contributed by atoms with Crippen LogP contribution < -0.4 is 5.32 Å². The number of hydrogen-bond acceptors (Lipinski definition) is 3. The van der Waals surface area contributed by atoms with Crippen LogP contribution in [-0.4, -0.2) is 48.0 Å². The number of rotatable bonds is 3. The molecule has 4 rings (SSSR count). The van der Waals surface area contributed by atoms with Crippen LogP contribution in [0.25, 0.3) is 0 Å². The molecule has 28 heavy (non-hydrogen) atoms. The number of halogens is 2. The number of alkyl halides is 2. The molecule has 1 spiro atoms. The molecule has 3 atom stereocenters. The lowest BCUT2D eigenvalue weighted by atomic mass is 9.72. The molecule has 1 aliphatic carbocycles. The molecule has 3 unspecified atom stereocenters. The fourth-order valence-corrected chi connectivity index (χ4v) is 5.63. The summed E-state index contributed by atoms with van der Waals surface area (Å²) in [7, 11) is 0. The minimum Gasteiger partial charge on any atom is -0.375 e. The first-order valence-electron chi connectivity index (χ1n) is 10.4. The van der Waals surface area contributed by atoms with Gasteiger partial charge in [-0.1, -0.05) is 37.3 Å². The van der Waals surface area contributed by atoms with E-state index >= 15 is 0 Å². The third-order valence-electron chi connectivity index (χ3n) is 7.47. The average Bonchev–Trinajstić information content (AvgIpc) is 3.22. The Bertz CT molecular complexity index is 721. The van der Waals surface area contributed by atoms with E-state index in [1.54, 1.807) is 35.2 Å². The fraction of sp³-hybridized carbons (Fsp3) is 0.682. The zero-order chi connectivity index (χ0) is 20.0. The van der Waals surface area contributed by atoms with Gasteiger partial charge in [0.1, 0.15) is 0 Å². The number of hydrogen-bond donors (Lipinski definition) is 2. The summed E-state index contributed by atoms with van der Waals surface area (Å²) in [5, 5.41) is 15.1. The lowest BCUT2D eigenvalue weighted by molar-refractivity contribution is -0.160. The van der Waals surface area contributed by atoms with Crippen molar-refractivity contribution in [2.24, 2.45) is 17.3 Å². The van der Waals surface area contributed by atoms with E-state index in [4.69, 9.17) is 0 Å². The number of likely N-dealkylation sites (tertiary alicyclic amines) is 1. The summed E-state index contributed by atoms with van der Waals surface area (Å²) in [6.07, 6.45) is 1.45. The normalized spacial score (nSPS) is 31.1. The Hall–Kier alpha value is -1.53. The molecule has 1 aromatic carbocycles. The van der Waals surface area contributed by atoms with Crippen LogP contribution in [0.5, 0.6) is 0 Å². The van der Waals surface area contributed by atoms with Gasteiger partial charge in [0, 0.05) is 31.8 Å². The van der Waals surface area contributed by atoms with Gasteiger partial charge in [0.25, 0.3) is 5.91 Å². The van der Waals surface area contributed by atoms with Gasteiger partial charge in [0.15, 0.2) is 5.60 Å². The maximum absolute atomic E-state index is 14.0. The van der Waals surface area contributed by atoms with Crippen LogP contribution in [0.2, 0.25) is 0 Å². The van der Waals surface area contributed by atoms with Crippen molar-refractivity contribution in [1.82, 2.24) is 10.2 Å². The Morgan fingerprint density at radius 3 is 2.50 bits per heavy atom. The highest BCUT2D eigenvalue weighted by atomic mass is 19.3. The predicted octanol–water partition coefficient (Wildman–Crippen LogP) is 3.16. The molecule has 0 bridgehead atoms. The predicted molar refractivity (Wildman–Crippen MR) is 103 cm³/mol. The van der Waals surface area contributed by atoms with Gasteiger partial charge in [-0.05, 0) is 49.2 Å². The van der Waals surface area contributed by atoms with E-state index in [-0.39, 0.29) is 18.3 Å². The molecule has 1 amide bonds. The summed E-state index contributed by atoms with van der Waals surface area (Å²) in [6, 6.07) is 8.69. The summed E-state index contributed by atoms with van der Waals surface area (Å²) in [4.78, 5) is 15.4. The summed E-state index contributed by atoms with van der Waals surface area (Å²) in [5.74, 6) is -3.65. The van der Waals surface area contributed by atoms with E-state index in [0.29, 0.717) is 24.6 Å². The standard InChI is InChI=1S/C22H30F2N2O2/c1-16-14-26(15-20(16)9-11-25-12-10-20)19(27)22(28,17-5-3-2-4-6-17)18-7-8-21(23,24)13-18/h2-6,16,18,25,28H,7-15H2,1H3. The van der Waals surface area contributed by atoms with Gasteiger partial charge >= 0.3 is 0 Å². The molecular weight excluding hydrogens is 362 g/mol. The van der Waals surface area contributed by atoms with Crippen LogP contribution in [-0.2, 0) is 10.4 Å². The molecule has 3 fully saturated rings. The van der Waals surface area contributed by atoms with Crippen LogP contribution in [0, 0.1) is 17.3 Å². The lowest BCUT2D eigenvalue weighted by Crippen LogP contribution is -2.51. The Morgan fingerprint density at radius 1 is 1.21 bits per heavy atom. The number of carbonyl (C=O) groups excluding carboxylic acids is 1. The van der Waals surface area contributed by atoms with Crippen LogP contribution in [0.15, 0.2) is 30.3 Å². The molecule has 6 heteroatoms. The first-order chi connectivity index (χ1) is 13.3. The second-order valence-corrected chi connectivity index (χ2v) is 9.13. The van der Waals surface area contributed by atoms with Crippen LogP contribution in [0.3, 0.4) is 0 Å². The Morgan fingerprint density at radius 2 is 1.89 bits per heavy atom. The number of nitrogens with one attached hydrogen (secondary N) is 1. The summed E-state index contributed by atoms with van der Waals surface area (Å²) >= 11 is 0. The molecule has 2 N–H and O–H groups in total. The highest BCUT2D eigenvalue weighted by Gasteiger charge is 2.57. The van der Waals surface area contributed by atoms with E-state index in [1.165, 1.54) is 0 Å². The van der Waals surface area contributed by atoms with Gasteiger partial charge in [0.2, 0.25) is 5.92 Å². The molecule has 154 valence electrons. The maximum atomic E-state index is 14.0. The first-order valence-corrected chi connectivity index (χ1v) is 10.4. The molecule has 0 aromatic heterocycles. The fourth-order valence-electron chi connectivity index (χ4n) is 5.63. The van der Waals surface area contributed by atoms with Crippen LogP contribution in [0.1, 0.15) is 44.6 Å². The van der Waals surface area contributed by atoms with Gasteiger partial charge < -0.3 is 15.3 Å². The molecule has 1 saturated carbocycles. The van der Waals surface area contributed by atoms with E-state index < -0.39 is 29.8 Å². The summed E-state index contributed by atoms with van der Waals surface area (Å²) in [5.41, 5.74) is -1.39. The zero-order valence-corrected chi connectivity index (χ0v) is 16.5. The summed E-state index contributed by atoms with van der Waals surface area (Å²) < 4.78 is 28.0. The van der Waals surface area contributed by atoms with E-state index in [0.717, 1.165) is 25.9 Å². The highest BCUT2D eigenvalue weighted by molar-refractivity contribution is 5.87. The lowest BCUT2D eigenvalue weighted by Gasteiger charge is -2.39. The number of carbonyl (C=O) groups is 1. The average molecular weight is 392 g/mol. The number of amides is 1. The Balaban J connectivity index is 1.65. The quantitative estimate of drug-likeness (QED) is 0.831. The van der Waals surface area contributed by atoms with Gasteiger partial charge in [-0.15, -0.1) is 0 Å². The molecule has 1 aromatic rings. The Kier molecular flexibility index (Phi) is 4.99. The van der Waals surface area contributed by atoms with Gasteiger partial charge in [-0.2, -0.15) is 0 Å². The second kappa shape index (κ2) is 7.06. The van der Waals surface area contributed by atoms with E-state index in [1.807, 2.05) is 0 Å². The molecule has 2 heterocycles. The zero-order valence-electron chi connectivity index (χ0n) is 16.5. The molecular formula is C22H30F2N2O2. The van der Waals surface area contributed by atoms with Gasteiger partial charge in [-0.3, -0.25) is 4.79 Å². The monoisotopic (exact) mass is 392 g/mol. The summed E-state index contributed by atoms with van der Waals surface area (Å²) in [6.45, 7) is 5.22. The van der Waals surface area contributed by atoms with Crippen molar-refractivity contribution >= 4 is 5.91 Å². The van der Waals surface area contributed by atoms with Crippen LogP contribution >= 0.6 is 0 Å². The second-order valence-electron chi connectivity index (χ2n) is 9.13. The van der Waals surface area contributed by atoms with Gasteiger partial charge in [0.05, 0.1) is 0 Å². The van der Waals surface area contributed by atoms with Crippen molar-refractivity contribution in [2.45, 2.75) is 50.6 Å². The highest BCUT2D eigenvalue weighted by Crippen LogP contribution is 2.50. The van der Waals surface area contributed by atoms with Crippen molar-refractivity contribution in [3.05, 3.63) is 35.9 Å². The van der Waals surface area contributed by atoms with Crippen molar-refractivity contribution in [3.8, 4) is 0 Å². The number of piperidine rings is 1. The number of nitrogens with zero attached hydrogens (tertiary/aromatic N) is 1. The third kappa shape index (κ3) is 3.24. The SMILES string of the molecule is CC1CN(C(=O)C(O)(c2ccccc2)C2CCC(F)(F)C2)CC12CCNCC2. The van der Waals surface area contributed by atoms with Crippen molar-refractivity contribution in [2.75, 3.05) is 26.2 Å². The van der Waals surface area contributed by atoms with E-state index in [9.17, 15) is 18.7 Å². The number of benzene rings is 1. The topological polar surface area (TPSA) is 52.6 Å². The third-order valence-corrected chi connectivity index (χ3v) is 7.47. The number of aliphatic hydroxyl groups is 1. The molecule has 3 aliphatic rings. The van der Waals surface area contributed by atoms with Crippen molar-refractivity contribution in [3.63, 3.8) is 0 Å². The molecule has 2 saturated heterocycles. The molecule has 4 nitrogen and oxygen atoms in total. The molecule has 2 aliphatic heterocycles. The maximum Gasteiger partial charge on any atom is 0.259 e.